The number of nitrogens with zero attached hydrogens (tertiary/aromatic N) is 4. The van der Waals surface area contributed by atoms with Gasteiger partial charge in [0.15, 0.2) is 0 Å². The molecule has 3 aromatic heterocycles. The van der Waals surface area contributed by atoms with E-state index >= 15 is 0 Å². The van der Waals surface area contributed by atoms with E-state index in [1.165, 1.54) is 28.0 Å². The summed E-state index contributed by atoms with van der Waals surface area (Å²) in [5.41, 5.74) is 5.72. The molecule has 12 heteroatoms. The Balaban J connectivity index is 0.972. The second-order valence-electron chi connectivity index (χ2n) is 12.7. The fraction of sp³-hybridized carbons (Fsp3) is 0.400. The number of halogens is 3. The number of hydrogen-bond acceptors (Lipinski definition) is 6. The molecule has 0 spiro atoms. The van der Waals surface area contributed by atoms with Crippen LogP contribution < -0.4 is 0 Å². The van der Waals surface area contributed by atoms with Crippen LogP contribution in [0, 0.1) is 11.8 Å². The van der Waals surface area contributed by atoms with Crippen molar-refractivity contribution in [2.24, 2.45) is 11.8 Å². The third-order valence-corrected chi connectivity index (χ3v) is 14.7. The molecular formula is C35H35Br2ClN4O3S2. The highest BCUT2D eigenvalue weighted by Crippen LogP contribution is 2.46. The predicted molar refractivity (Wildman–Crippen MR) is 193 cm³/mol. The van der Waals surface area contributed by atoms with Gasteiger partial charge in [-0.15, -0.1) is 11.3 Å². The molecule has 47 heavy (non-hydrogen) atoms. The van der Waals surface area contributed by atoms with Crippen LogP contribution in [0.2, 0.25) is 5.02 Å². The van der Waals surface area contributed by atoms with Gasteiger partial charge in [-0.1, -0.05) is 33.6 Å². The van der Waals surface area contributed by atoms with Crippen molar-refractivity contribution in [1.82, 2.24) is 19.2 Å². The second-order valence-corrected chi connectivity index (χ2v) is 18.2. The minimum atomic E-state index is -3.58. The van der Waals surface area contributed by atoms with Crippen LogP contribution in [0.1, 0.15) is 60.4 Å². The highest BCUT2D eigenvalue weighted by atomic mass is 79.9. The Bertz CT molecular complexity index is 1890. The van der Waals surface area contributed by atoms with Crippen molar-refractivity contribution in [3.63, 3.8) is 0 Å². The van der Waals surface area contributed by atoms with Gasteiger partial charge in [-0.2, -0.15) is 4.31 Å². The number of aromatic nitrogens is 2. The number of thiophene rings is 1. The minimum Gasteiger partial charge on any atom is -0.343 e. The van der Waals surface area contributed by atoms with Crippen molar-refractivity contribution in [3.05, 3.63) is 97.3 Å². The van der Waals surface area contributed by atoms with Crippen molar-refractivity contribution in [3.8, 4) is 10.6 Å². The summed E-state index contributed by atoms with van der Waals surface area (Å²) in [7, 11) is -3.58. The average Bonchev–Trinajstić information content (AvgIpc) is 3.52. The zero-order chi connectivity index (χ0) is 32.7. The molecule has 1 aromatic carbocycles. The molecule has 4 aromatic rings. The lowest BCUT2D eigenvalue weighted by molar-refractivity contribution is -0.133. The van der Waals surface area contributed by atoms with Crippen LogP contribution in [0.15, 0.2) is 74.1 Å². The summed E-state index contributed by atoms with van der Waals surface area (Å²) in [6.45, 7) is 2.30. The first kappa shape index (κ1) is 33.4. The largest absolute Gasteiger partial charge is 0.343 e. The summed E-state index contributed by atoms with van der Waals surface area (Å²) in [4.78, 5) is 25.7. The van der Waals surface area contributed by atoms with Gasteiger partial charge >= 0.3 is 0 Å². The average molecular weight is 819 g/mol. The number of amides is 1. The van der Waals surface area contributed by atoms with E-state index in [0.29, 0.717) is 42.5 Å². The summed E-state index contributed by atoms with van der Waals surface area (Å²) in [6.07, 6.45) is 9.08. The number of aryl methyl sites for hydroxylation is 2. The van der Waals surface area contributed by atoms with Gasteiger partial charge in [0.2, 0.25) is 5.91 Å². The molecule has 0 saturated carbocycles. The van der Waals surface area contributed by atoms with Gasteiger partial charge in [0.25, 0.3) is 10.0 Å². The van der Waals surface area contributed by atoms with Crippen LogP contribution >= 0.6 is 54.8 Å². The minimum absolute atomic E-state index is 0.133. The molecule has 0 N–H and O–H groups in total. The van der Waals surface area contributed by atoms with Crippen LogP contribution in [0.5, 0.6) is 0 Å². The first-order chi connectivity index (χ1) is 22.7. The van der Waals surface area contributed by atoms with Crippen molar-refractivity contribution >= 4 is 70.7 Å². The number of sulfonamides is 1. The van der Waals surface area contributed by atoms with Gasteiger partial charge in [-0.25, -0.2) is 8.42 Å². The molecular weight excluding hydrogens is 784 g/mol. The number of hydrogen-bond donors (Lipinski definition) is 0. The number of likely N-dealkylation sites (tertiary alicyclic amines) is 1. The lowest BCUT2D eigenvalue weighted by Crippen LogP contribution is -2.42. The summed E-state index contributed by atoms with van der Waals surface area (Å²) < 4.78 is 30.8. The first-order valence-corrected chi connectivity index (χ1v) is 20.3. The Morgan fingerprint density at radius 1 is 0.936 bits per heavy atom. The van der Waals surface area contributed by atoms with E-state index in [-0.39, 0.29) is 17.7 Å². The Kier molecular flexibility index (Phi) is 9.93. The van der Waals surface area contributed by atoms with Gasteiger partial charge in [0.05, 0.1) is 16.3 Å². The third kappa shape index (κ3) is 6.99. The van der Waals surface area contributed by atoms with Crippen molar-refractivity contribution in [2.45, 2.75) is 55.1 Å². The molecule has 0 unspecified atom stereocenters. The molecule has 246 valence electrons. The smallest absolute Gasteiger partial charge is 0.252 e. The number of fused-ring (bicyclic) bond motifs is 2. The molecule has 2 aliphatic heterocycles. The Hall–Kier alpha value is -2.15. The molecule has 0 radical (unpaired) electrons. The number of pyridine rings is 2. The van der Waals surface area contributed by atoms with Crippen LogP contribution in [0.4, 0.5) is 0 Å². The normalized spacial score (nSPS) is 19.6. The number of rotatable bonds is 6. The molecule has 7 nitrogen and oxygen atoms in total. The zero-order valence-electron chi connectivity index (χ0n) is 25.7. The monoisotopic (exact) mass is 816 g/mol. The van der Waals surface area contributed by atoms with E-state index in [9.17, 15) is 13.2 Å². The van der Waals surface area contributed by atoms with Gasteiger partial charge in [0, 0.05) is 64.9 Å². The molecule has 1 amide bonds. The maximum atomic E-state index is 13.5. The first-order valence-electron chi connectivity index (χ1n) is 16.1. The van der Waals surface area contributed by atoms with Crippen LogP contribution in [-0.2, 0) is 27.7 Å². The summed E-state index contributed by atoms with van der Waals surface area (Å²) >= 11 is 15.2. The van der Waals surface area contributed by atoms with E-state index < -0.39 is 10.0 Å². The quantitative estimate of drug-likeness (QED) is 0.196. The summed E-state index contributed by atoms with van der Waals surface area (Å²) in [6, 6.07) is 15.4. The maximum absolute atomic E-state index is 13.5. The van der Waals surface area contributed by atoms with E-state index in [0.717, 1.165) is 69.0 Å². The van der Waals surface area contributed by atoms with Gasteiger partial charge in [-0.3, -0.25) is 14.8 Å². The van der Waals surface area contributed by atoms with E-state index in [1.807, 2.05) is 41.4 Å². The summed E-state index contributed by atoms with van der Waals surface area (Å²) in [5, 5.41) is 0.736. The molecule has 0 bridgehead atoms. The number of piperidine rings is 2. The third-order valence-electron chi connectivity index (χ3n) is 9.91. The predicted octanol–water partition coefficient (Wildman–Crippen LogP) is 8.34. The number of carbonyl (C=O) groups excluding carboxylic acids is 1. The Morgan fingerprint density at radius 3 is 2.45 bits per heavy atom. The lowest BCUT2D eigenvalue weighted by atomic mass is 9.76. The topological polar surface area (TPSA) is 83.5 Å². The lowest BCUT2D eigenvalue weighted by Gasteiger charge is -2.38. The van der Waals surface area contributed by atoms with Crippen LogP contribution in [0.25, 0.3) is 10.6 Å². The van der Waals surface area contributed by atoms with Gasteiger partial charge in [-0.05, 0) is 125 Å². The van der Waals surface area contributed by atoms with Gasteiger partial charge < -0.3 is 4.90 Å². The fourth-order valence-corrected chi connectivity index (χ4v) is 11.9. The number of benzene rings is 1. The maximum Gasteiger partial charge on any atom is 0.252 e. The molecule has 2 saturated heterocycles. The van der Waals surface area contributed by atoms with Crippen molar-refractivity contribution < 1.29 is 13.2 Å². The van der Waals surface area contributed by atoms with Gasteiger partial charge in [0.1, 0.15) is 4.21 Å². The Labute approximate surface area is 302 Å². The highest BCUT2D eigenvalue weighted by molar-refractivity contribution is 9.10. The van der Waals surface area contributed by atoms with Crippen LogP contribution in [0.3, 0.4) is 0 Å². The van der Waals surface area contributed by atoms with E-state index in [4.69, 9.17) is 16.6 Å². The molecule has 5 heterocycles. The molecule has 2 fully saturated rings. The van der Waals surface area contributed by atoms with Crippen LogP contribution in [-0.4, -0.2) is 59.7 Å². The van der Waals surface area contributed by atoms with Crippen molar-refractivity contribution in [1.29, 1.82) is 0 Å². The summed E-state index contributed by atoms with van der Waals surface area (Å²) in [5.74, 6) is 0.849. The Morgan fingerprint density at radius 2 is 1.70 bits per heavy atom. The van der Waals surface area contributed by atoms with Crippen molar-refractivity contribution in [2.75, 3.05) is 26.2 Å². The zero-order valence-corrected chi connectivity index (χ0v) is 31.3. The second kappa shape index (κ2) is 14.0. The highest BCUT2D eigenvalue weighted by Gasteiger charge is 2.37. The standard InChI is InChI=1S/C35H35Br2ClN4O3S2/c36-26-18-25-5-4-24-19-27(38)20-28(37)33(24)34(35(25)40-21-26)23-10-13-41(14-11-23)31(43)17-22-8-15-42(16-9-22)47(44,45)32-7-6-30(46-32)29-3-1-2-12-39-29/h1-3,6-7,12,18-23,34H,4-5,8-11,13-17H2/t34-/m1/s1. The fourth-order valence-electron chi connectivity index (χ4n) is 7.47. The molecule has 3 aliphatic rings. The number of carbonyl (C=O) groups is 1. The molecule has 1 aliphatic carbocycles. The SMILES string of the molecule is O=C(CC1CCN(S(=O)(=O)c2ccc(-c3ccccn3)s2)CC1)N1CCC([C@H]2c3ncc(Br)cc3CCc3cc(Cl)cc(Br)c32)CC1. The van der Waals surface area contributed by atoms with E-state index in [1.54, 1.807) is 16.6 Å². The van der Waals surface area contributed by atoms with E-state index in [2.05, 4.69) is 49.0 Å². The molecule has 7 rings (SSSR count). The molecule has 1 atom stereocenters.